The number of carbonyl (C=O) groups is 1. The molecule has 2 aliphatic rings. The highest BCUT2D eigenvalue weighted by atomic mass is 19.1. The van der Waals surface area contributed by atoms with Crippen molar-refractivity contribution in [2.24, 2.45) is 7.05 Å². The molecule has 4 rings (SSSR count). The maximum Gasteiger partial charge on any atom is 0.274 e. The Morgan fingerprint density at radius 1 is 1.30 bits per heavy atom. The van der Waals surface area contributed by atoms with Crippen molar-refractivity contribution >= 4 is 11.5 Å². The van der Waals surface area contributed by atoms with E-state index in [4.69, 9.17) is 4.74 Å². The zero-order valence-corrected chi connectivity index (χ0v) is 15.9. The number of carbonyl (C=O) groups excluding carboxylic acids is 1. The molecule has 5 nitrogen and oxygen atoms in total. The molecule has 0 radical (unpaired) electrons. The first-order chi connectivity index (χ1) is 13.0. The normalized spacial score (nSPS) is 22.4. The maximum absolute atomic E-state index is 14.0. The van der Waals surface area contributed by atoms with Gasteiger partial charge in [0.25, 0.3) is 5.91 Å². The van der Waals surface area contributed by atoms with Crippen molar-refractivity contribution in [1.82, 2.24) is 14.7 Å². The third kappa shape index (κ3) is 3.18. The zero-order chi connectivity index (χ0) is 19.1. The van der Waals surface area contributed by atoms with Gasteiger partial charge in [-0.1, -0.05) is 24.3 Å². The molecule has 1 amide bonds. The summed E-state index contributed by atoms with van der Waals surface area (Å²) in [6, 6.07) is 6.78. The molecule has 1 aromatic carbocycles. The number of aromatic nitrogens is 2. The van der Waals surface area contributed by atoms with Gasteiger partial charge >= 0.3 is 0 Å². The lowest BCUT2D eigenvalue weighted by Crippen LogP contribution is -2.36. The van der Waals surface area contributed by atoms with Gasteiger partial charge in [0.2, 0.25) is 0 Å². The molecule has 142 valence electrons. The number of fused-ring (bicyclic) bond motifs is 1. The van der Waals surface area contributed by atoms with Crippen molar-refractivity contribution in [2.45, 2.75) is 38.9 Å². The summed E-state index contributed by atoms with van der Waals surface area (Å²) in [5.41, 5.74) is 4.08. The van der Waals surface area contributed by atoms with Gasteiger partial charge in [0.05, 0.1) is 17.9 Å². The highest BCUT2D eigenvalue weighted by Gasteiger charge is 2.33. The minimum absolute atomic E-state index is 0.0583. The smallest absolute Gasteiger partial charge is 0.274 e. The van der Waals surface area contributed by atoms with Gasteiger partial charge in [-0.05, 0) is 31.9 Å². The van der Waals surface area contributed by atoms with Gasteiger partial charge in [-0.25, -0.2) is 4.39 Å². The summed E-state index contributed by atoms with van der Waals surface area (Å²) >= 11 is 0. The lowest BCUT2D eigenvalue weighted by molar-refractivity contribution is -0.00906. The summed E-state index contributed by atoms with van der Waals surface area (Å²) < 4.78 is 21.7. The van der Waals surface area contributed by atoms with E-state index in [1.807, 2.05) is 33.0 Å². The number of benzene rings is 1. The van der Waals surface area contributed by atoms with E-state index in [2.05, 4.69) is 5.10 Å². The molecule has 0 bridgehead atoms. The topological polar surface area (TPSA) is 47.4 Å². The van der Waals surface area contributed by atoms with Crippen LogP contribution in [0.1, 0.15) is 53.7 Å². The highest BCUT2D eigenvalue weighted by molar-refractivity contribution is 5.94. The first kappa shape index (κ1) is 17.9. The Hall–Kier alpha value is -2.47. The monoisotopic (exact) mass is 369 g/mol. The molecule has 0 saturated carbocycles. The average Bonchev–Trinajstić information content (AvgIpc) is 2.98. The van der Waals surface area contributed by atoms with E-state index in [1.165, 1.54) is 6.07 Å². The number of nitrogens with zero attached hydrogens (tertiary/aromatic N) is 3. The molecule has 2 atom stereocenters. The minimum atomic E-state index is -0.217. The van der Waals surface area contributed by atoms with Gasteiger partial charge in [0, 0.05) is 37.7 Å². The van der Waals surface area contributed by atoms with E-state index < -0.39 is 0 Å². The van der Waals surface area contributed by atoms with Crippen molar-refractivity contribution in [3.05, 3.63) is 58.7 Å². The molecule has 0 spiro atoms. The zero-order valence-electron chi connectivity index (χ0n) is 15.9. The molecule has 0 fully saturated rings. The van der Waals surface area contributed by atoms with E-state index in [9.17, 15) is 9.18 Å². The number of hydrogen-bond donors (Lipinski definition) is 0. The molecule has 3 heterocycles. The number of ether oxygens (including phenoxy) is 1. The summed E-state index contributed by atoms with van der Waals surface area (Å²) in [5, 5.41) is 4.51. The summed E-state index contributed by atoms with van der Waals surface area (Å²) in [7, 11) is 1.86. The van der Waals surface area contributed by atoms with Gasteiger partial charge < -0.3 is 9.64 Å². The number of rotatable bonds is 2. The van der Waals surface area contributed by atoms with Crippen LogP contribution in [0.15, 0.2) is 30.3 Å². The third-order valence-electron chi connectivity index (χ3n) is 5.43. The van der Waals surface area contributed by atoms with Crippen LogP contribution >= 0.6 is 0 Å². The fraction of sp³-hybridized carbons (Fsp3) is 0.429. The lowest BCUT2D eigenvalue weighted by atomic mass is 9.97. The largest absolute Gasteiger partial charge is 0.369 e. The van der Waals surface area contributed by atoms with Crippen LogP contribution in [-0.2, 0) is 18.2 Å². The molecular formula is C21H24FN3O2. The van der Waals surface area contributed by atoms with Crippen molar-refractivity contribution in [3.8, 4) is 0 Å². The van der Waals surface area contributed by atoms with Crippen LogP contribution in [0.5, 0.6) is 0 Å². The number of hydrogen-bond acceptors (Lipinski definition) is 3. The second-order valence-corrected chi connectivity index (χ2v) is 7.34. The summed E-state index contributed by atoms with van der Waals surface area (Å²) in [6.45, 7) is 5.04. The summed E-state index contributed by atoms with van der Waals surface area (Å²) in [6.07, 6.45) is 3.27. The van der Waals surface area contributed by atoms with Crippen LogP contribution in [0.2, 0.25) is 0 Å². The van der Waals surface area contributed by atoms with E-state index in [1.54, 1.807) is 21.7 Å². The van der Waals surface area contributed by atoms with Crippen molar-refractivity contribution in [3.63, 3.8) is 0 Å². The van der Waals surface area contributed by atoms with Gasteiger partial charge in [-0.3, -0.25) is 9.48 Å². The number of halogens is 1. The molecule has 0 aliphatic carbocycles. The maximum atomic E-state index is 14.0. The van der Waals surface area contributed by atoms with E-state index in [0.29, 0.717) is 37.2 Å². The Kier molecular flexibility index (Phi) is 4.60. The Balaban J connectivity index is 1.57. The fourth-order valence-electron chi connectivity index (χ4n) is 4.18. The molecule has 0 unspecified atom stereocenters. The van der Waals surface area contributed by atoms with E-state index in [-0.39, 0.29) is 23.9 Å². The molecule has 2 aliphatic heterocycles. The van der Waals surface area contributed by atoms with Crippen molar-refractivity contribution in [2.75, 3.05) is 13.1 Å². The van der Waals surface area contributed by atoms with Gasteiger partial charge in [-0.15, -0.1) is 0 Å². The second-order valence-electron chi connectivity index (χ2n) is 7.34. The average molecular weight is 369 g/mol. The van der Waals surface area contributed by atoms with E-state index >= 15 is 0 Å². The van der Waals surface area contributed by atoms with Crippen LogP contribution in [-0.4, -0.2) is 39.8 Å². The van der Waals surface area contributed by atoms with Crippen LogP contribution in [0.4, 0.5) is 4.39 Å². The third-order valence-corrected chi connectivity index (χ3v) is 5.43. The van der Waals surface area contributed by atoms with Crippen molar-refractivity contribution in [1.29, 1.82) is 0 Å². The summed E-state index contributed by atoms with van der Waals surface area (Å²) in [5.74, 6) is -0.276. The second kappa shape index (κ2) is 6.93. The predicted molar refractivity (Wildman–Crippen MR) is 101 cm³/mol. The van der Waals surface area contributed by atoms with Gasteiger partial charge in [-0.2, -0.15) is 5.10 Å². The van der Waals surface area contributed by atoms with Crippen LogP contribution in [0, 0.1) is 5.82 Å². The molecule has 0 saturated heterocycles. The Bertz CT molecular complexity index is 918. The SMILES string of the molecule is C[C@@H]1Cc2c(C(=O)N3CC=C(c4ccccc4F)CC3)nn(C)c2[C@H](C)O1. The molecule has 6 heteroatoms. The first-order valence-corrected chi connectivity index (χ1v) is 9.40. The van der Waals surface area contributed by atoms with E-state index in [0.717, 1.165) is 16.8 Å². The predicted octanol–water partition coefficient (Wildman–Crippen LogP) is 3.51. The first-order valence-electron chi connectivity index (χ1n) is 9.40. The molecule has 2 aromatic rings. The molecule has 27 heavy (non-hydrogen) atoms. The minimum Gasteiger partial charge on any atom is -0.369 e. The lowest BCUT2D eigenvalue weighted by Gasteiger charge is -2.28. The number of amides is 1. The standard InChI is InChI=1S/C21H24FN3O2/c1-13-12-17-19(23-24(3)20(17)14(2)27-13)21(26)25-10-8-15(9-11-25)16-6-4-5-7-18(16)22/h4-8,13-14H,9-12H2,1-3H3/t13-,14+/m1/s1. The quantitative estimate of drug-likeness (QED) is 0.814. The van der Waals surface area contributed by atoms with Crippen molar-refractivity contribution < 1.29 is 13.9 Å². The molecule has 0 N–H and O–H groups in total. The molecule has 1 aromatic heterocycles. The van der Waals surface area contributed by atoms with Crippen LogP contribution < -0.4 is 0 Å². The van der Waals surface area contributed by atoms with Crippen LogP contribution in [0.25, 0.3) is 5.57 Å². The molecular weight excluding hydrogens is 345 g/mol. The van der Waals surface area contributed by atoms with Gasteiger partial charge in [0.15, 0.2) is 5.69 Å². The number of aryl methyl sites for hydroxylation is 1. The van der Waals surface area contributed by atoms with Gasteiger partial charge in [0.1, 0.15) is 5.82 Å². The Morgan fingerprint density at radius 3 is 2.78 bits per heavy atom. The summed E-state index contributed by atoms with van der Waals surface area (Å²) in [4.78, 5) is 14.9. The Morgan fingerprint density at radius 2 is 2.07 bits per heavy atom. The Labute approximate surface area is 158 Å². The van der Waals surface area contributed by atoms with Crippen LogP contribution in [0.3, 0.4) is 0 Å². The highest BCUT2D eigenvalue weighted by Crippen LogP contribution is 2.33. The fourth-order valence-corrected chi connectivity index (χ4v) is 4.18.